The van der Waals surface area contributed by atoms with Gasteiger partial charge < -0.3 is 9.84 Å². The van der Waals surface area contributed by atoms with Crippen LogP contribution in [0, 0.1) is 22.7 Å². The van der Waals surface area contributed by atoms with Crippen LogP contribution in [-0.2, 0) is 9.53 Å². The molecule has 3 nitrogen and oxygen atoms in total. The minimum atomic E-state index is -0.171. The van der Waals surface area contributed by atoms with E-state index in [0.29, 0.717) is 18.4 Å². The molecule has 0 saturated heterocycles. The molecule has 0 aromatic carbocycles. The molecule has 0 bridgehead atoms. The Balaban J connectivity index is 2.20. The van der Waals surface area contributed by atoms with Gasteiger partial charge in [-0.25, -0.2) is 0 Å². The molecule has 2 rings (SSSR count). The van der Waals surface area contributed by atoms with Crippen molar-refractivity contribution in [3.63, 3.8) is 0 Å². The lowest BCUT2D eigenvalue weighted by Crippen LogP contribution is -2.52. The molecular formula is C22H36O3. The number of allylic oxidation sites excluding steroid dienone is 2. The predicted octanol–water partition coefficient (Wildman–Crippen LogP) is 5.05. The van der Waals surface area contributed by atoms with E-state index < -0.39 is 0 Å². The van der Waals surface area contributed by atoms with E-state index in [9.17, 15) is 4.79 Å². The molecule has 4 unspecified atom stereocenters. The number of aliphatic hydroxyl groups is 1. The van der Waals surface area contributed by atoms with Crippen LogP contribution in [0.3, 0.4) is 0 Å². The van der Waals surface area contributed by atoms with Crippen LogP contribution in [-0.4, -0.2) is 24.3 Å². The Morgan fingerprint density at radius 2 is 2.08 bits per heavy atom. The molecule has 3 heteroatoms. The Kier molecular flexibility index (Phi) is 6.53. The van der Waals surface area contributed by atoms with Gasteiger partial charge >= 0.3 is 5.97 Å². The van der Waals surface area contributed by atoms with Crippen LogP contribution in [0.1, 0.15) is 72.6 Å². The number of rotatable bonds is 6. The average Bonchev–Trinajstić information content (AvgIpc) is 2.52. The summed E-state index contributed by atoms with van der Waals surface area (Å²) in [5.74, 6) is 0.922. The Hall–Kier alpha value is -1.09. The Morgan fingerprint density at radius 1 is 1.36 bits per heavy atom. The summed E-state index contributed by atoms with van der Waals surface area (Å²) in [6.07, 6.45) is 9.86. The normalized spacial score (nSPS) is 36.0. The number of fused-ring (bicyclic) bond motifs is 1. The van der Waals surface area contributed by atoms with Crippen molar-refractivity contribution in [1.29, 1.82) is 0 Å². The molecule has 0 heterocycles. The van der Waals surface area contributed by atoms with E-state index in [-0.39, 0.29) is 23.4 Å². The van der Waals surface area contributed by atoms with Gasteiger partial charge in [-0.15, -0.1) is 0 Å². The van der Waals surface area contributed by atoms with E-state index >= 15 is 0 Å². The van der Waals surface area contributed by atoms with Gasteiger partial charge in [-0.1, -0.05) is 44.1 Å². The SMILES string of the molecule is C=C1CCC2C(C)(COC(C)=O)CCCC2(C)C1CCC(C)=CCO. The number of carbonyl (C=O) groups is 1. The summed E-state index contributed by atoms with van der Waals surface area (Å²) in [5, 5.41) is 9.10. The van der Waals surface area contributed by atoms with Crippen LogP contribution in [0.4, 0.5) is 0 Å². The lowest BCUT2D eigenvalue weighted by Gasteiger charge is -2.58. The summed E-state index contributed by atoms with van der Waals surface area (Å²) in [7, 11) is 0. The predicted molar refractivity (Wildman–Crippen MR) is 102 cm³/mol. The first-order valence-corrected chi connectivity index (χ1v) is 9.80. The molecule has 25 heavy (non-hydrogen) atoms. The van der Waals surface area contributed by atoms with Crippen LogP contribution >= 0.6 is 0 Å². The molecule has 0 spiro atoms. The van der Waals surface area contributed by atoms with Crippen LogP contribution in [0.5, 0.6) is 0 Å². The van der Waals surface area contributed by atoms with Gasteiger partial charge in [0.05, 0.1) is 13.2 Å². The zero-order valence-corrected chi connectivity index (χ0v) is 16.6. The van der Waals surface area contributed by atoms with Gasteiger partial charge in [-0.3, -0.25) is 4.79 Å². The Morgan fingerprint density at radius 3 is 2.72 bits per heavy atom. The standard InChI is InChI=1S/C22H36O3/c1-16(11-14-23)7-9-19-17(2)8-10-20-21(4,15-25-18(3)24)12-6-13-22(19,20)5/h11,19-20,23H,2,6-10,12-15H2,1,3-5H3. The third kappa shape index (κ3) is 4.36. The highest BCUT2D eigenvalue weighted by molar-refractivity contribution is 5.65. The van der Waals surface area contributed by atoms with Crippen molar-refractivity contribution in [1.82, 2.24) is 0 Å². The zero-order chi connectivity index (χ0) is 18.7. The highest BCUT2D eigenvalue weighted by Crippen LogP contribution is 2.62. The third-order valence-corrected chi connectivity index (χ3v) is 7.02. The quantitative estimate of drug-likeness (QED) is 0.540. The number of aliphatic hydroxyl groups excluding tert-OH is 1. The maximum atomic E-state index is 11.4. The second-order valence-electron chi connectivity index (χ2n) is 8.87. The van der Waals surface area contributed by atoms with Crippen molar-refractivity contribution >= 4 is 5.97 Å². The first kappa shape index (κ1) is 20.2. The van der Waals surface area contributed by atoms with Crippen molar-refractivity contribution in [2.45, 2.75) is 72.6 Å². The summed E-state index contributed by atoms with van der Waals surface area (Å²) in [6.45, 7) is 13.5. The molecule has 0 aromatic rings. The maximum Gasteiger partial charge on any atom is 0.302 e. The molecule has 0 amide bonds. The summed E-state index contributed by atoms with van der Waals surface area (Å²) in [6, 6.07) is 0. The van der Waals surface area contributed by atoms with Crippen LogP contribution < -0.4 is 0 Å². The number of carbonyl (C=O) groups excluding carboxylic acids is 1. The maximum absolute atomic E-state index is 11.4. The van der Waals surface area contributed by atoms with Crippen molar-refractivity contribution in [2.24, 2.45) is 22.7 Å². The molecule has 2 aliphatic carbocycles. The Bertz CT molecular complexity index is 535. The highest BCUT2D eigenvalue weighted by atomic mass is 16.5. The van der Waals surface area contributed by atoms with Gasteiger partial charge in [0.2, 0.25) is 0 Å². The van der Waals surface area contributed by atoms with Crippen molar-refractivity contribution in [3.05, 3.63) is 23.8 Å². The molecular weight excluding hydrogens is 312 g/mol. The zero-order valence-electron chi connectivity index (χ0n) is 16.6. The van der Waals surface area contributed by atoms with Gasteiger partial charge in [0, 0.05) is 12.3 Å². The van der Waals surface area contributed by atoms with Gasteiger partial charge in [-0.2, -0.15) is 0 Å². The van der Waals surface area contributed by atoms with Gasteiger partial charge in [0.15, 0.2) is 0 Å². The monoisotopic (exact) mass is 348 g/mol. The third-order valence-electron chi connectivity index (χ3n) is 7.02. The van der Waals surface area contributed by atoms with Crippen molar-refractivity contribution in [2.75, 3.05) is 13.2 Å². The molecule has 2 aliphatic rings. The largest absolute Gasteiger partial charge is 0.465 e. The van der Waals surface area contributed by atoms with E-state index in [2.05, 4.69) is 27.4 Å². The van der Waals surface area contributed by atoms with E-state index in [1.165, 1.54) is 30.9 Å². The van der Waals surface area contributed by atoms with E-state index in [4.69, 9.17) is 9.84 Å². The molecule has 2 fully saturated rings. The van der Waals surface area contributed by atoms with Crippen LogP contribution in [0.25, 0.3) is 0 Å². The number of hydrogen-bond acceptors (Lipinski definition) is 3. The summed E-state index contributed by atoms with van der Waals surface area (Å²) < 4.78 is 5.47. The van der Waals surface area contributed by atoms with Gasteiger partial charge in [-0.05, 0) is 62.7 Å². The fraction of sp³-hybridized carbons (Fsp3) is 0.773. The van der Waals surface area contributed by atoms with E-state index in [0.717, 1.165) is 32.1 Å². The highest BCUT2D eigenvalue weighted by Gasteiger charge is 2.54. The van der Waals surface area contributed by atoms with Gasteiger partial charge in [0.1, 0.15) is 0 Å². The molecule has 2 saturated carbocycles. The summed E-state index contributed by atoms with van der Waals surface area (Å²) >= 11 is 0. The summed E-state index contributed by atoms with van der Waals surface area (Å²) in [5.41, 5.74) is 2.97. The number of esters is 1. The number of ether oxygens (including phenoxy) is 1. The molecule has 1 N–H and O–H groups in total. The van der Waals surface area contributed by atoms with Gasteiger partial charge in [0.25, 0.3) is 0 Å². The second kappa shape index (κ2) is 8.07. The lowest BCUT2D eigenvalue weighted by atomic mass is 9.47. The van der Waals surface area contributed by atoms with Crippen molar-refractivity contribution in [3.8, 4) is 0 Å². The van der Waals surface area contributed by atoms with E-state index in [1.54, 1.807) is 0 Å². The van der Waals surface area contributed by atoms with E-state index in [1.807, 2.05) is 6.08 Å². The molecule has 142 valence electrons. The van der Waals surface area contributed by atoms with Crippen LogP contribution in [0.15, 0.2) is 23.8 Å². The average molecular weight is 349 g/mol. The smallest absolute Gasteiger partial charge is 0.302 e. The van der Waals surface area contributed by atoms with Crippen molar-refractivity contribution < 1.29 is 14.6 Å². The minimum Gasteiger partial charge on any atom is -0.465 e. The Labute approximate surface area is 153 Å². The topological polar surface area (TPSA) is 46.5 Å². The first-order valence-electron chi connectivity index (χ1n) is 9.80. The molecule has 0 aromatic heterocycles. The molecule has 4 atom stereocenters. The summed E-state index contributed by atoms with van der Waals surface area (Å²) in [4.78, 5) is 11.4. The molecule has 0 aliphatic heterocycles. The first-order chi connectivity index (χ1) is 11.7. The second-order valence-corrected chi connectivity index (χ2v) is 8.87. The lowest BCUT2D eigenvalue weighted by molar-refractivity contribution is -0.152. The number of hydrogen-bond donors (Lipinski definition) is 1. The van der Waals surface area contributed by atoms with Crippen LogP contribution in [0.2, 0.25) is 0 Å². The fourth-order valence-corrected chi connectivity index (χ4v) is 5.69. The molecule has 0 radical (unpaired) electrons. The minimum absolute atomic E-state index is 0.0770. The fourth-order valence-electron chi connectivity index (χ4n) is 5.69.